The van der Waals surface area contributed by atoms with E-state index in [0.29, 0.717) is 0 Å². The minimum atomic E-state index is -0.124. The molecule has 1 saturated carbocycles. The molecule has 3 rings (SSSR count). The number of aryl methyl sites for hydroxylation is 1. The Morgan fingerprint density at radius 2 is 1.70 bits per heavy atom. The second-order valence-corrected chi connectivity index (χ2v) is 6.17. The van der Waals surface area contributed by atoms with Crippen LogP contribution >= 0.6 is 0 Å². The van der Waals surface area contributed by atoms with Crippen LogP contribution in [0.25, 0.3) is 0 Å². The molecule has 1 heterocycles. The van der Waals surface area contributed by atoms with Crippen LogP contribution in [0.3, 0.4) is 0 Å². The van der Waals surface area contributed by atoms with Crippen LogP contribution in [0.5, 0.6) is 0 Å². The van der Waals surface area contributed by atoms with Gasteiger partial charge in [-0.25, -0.2) is 0 Å². The van der Waals surface area contributed by atoms with Gasteiger partial charge in [0, 0.05) is 5.56 Å². The van der Waals surface area contributed by atoms with Crippen LogP contribution in [0, 0.1) is 5.92 Å². The molecule has 1 saturated heterocycles. The molecule has 0 radical (unpaired) electrons. The monoisotopic (exact) mass is 274 g/mol. The molecule has 0 atom stereocenters. The second kappa shape index (κ2) is 7.24. The van der Waals surface area contributed by atoms with E-state index in [9.17, 15) is 0 Å². The fourth-order valence-electron chi connectivity index (χ4n) is 3.59. The molecular formula is C18H26O2. The molecule has 2 aliphatic rings. The van der Waals surface area contributed by atoms with E-state index in [1.54, 1.807) is 0 Å². The molecule has 110 valence electrons. The first kappa shape index (κ1) is 14.1. The Labute approximate surface area is 122 Å². The predicted molar refractivity (Wildman–Crippen MR) is 80.6 cm³/mol. The Balaban J connectivity index is 1.53. The number of hydrogen-bond donors (Lipinski definition) is 0. The van der Waals surface area contributed by atoms with Crippen molar-refractivity contribution in [2.24, 2.45) is 5.92 Å². The first-order valence-electron chi connectivity index (χ1n) is 8.24. The first-order chi connectivity index (χ1) is 9.93. The summed E-state index contributed by atoms with van der Waals surface area (Å²) in [6.45, 7) is 1.45. The fourth-order valence-corrected chi connectivity index (χ4v) is 3.59. The summed E-state index contributed by atoms with van der Waals surface area (Å²) in [5.74, 6) is 0.981. The first-order valence-corrected chi connectivity index (χ1v) is 8.24. The van der Waals surface area contributed by atoms with Crippen LogP contribution in [0.4, 0.5) is 0 Å². The Morgan fingerprint density at radius 3 is 2.50 bits per heavy atom. The van der Waals surface area contributed by atoms with Crippen molar-refractivity contribution in [3.8, 4) is 0 Å². The van der Waals surface area contributed by atoms with Gasteiger partial charge >= 0.3 is 0 Å². The van der Waals surface area contributed by atoms with Crippen LogP contribution in [-0.4, -0.2) is 13.2 Å². The lowest BCUT2D eigenvalue weighted by atomic mass is 9.85. The summed E-state index contributed by atoms with van der Waals surface area (Å²) in [4.78, 5) is 0. The normalized spacial score (nSPS) is 21.4. The summed E-state index contributed by atoms with van der Waals surface area (Å²) in [5.41, 5.74) is 2.66. The summed E-state index contributed by atoms with van der Waals surface area (Å²) in [5, 5.41) is 0. The van der Waals surface area contributed by atoms with E-state index in [2.05, 4.69) is 24.3 Å². The molecule has 1 aromatic carbocycles. The largest absolute Gasteiger partial charge is 0.346 e. The van der Waals surface area contributed by atoms with Crippen molar-refractivity contribution in [2.45, 2.75) is 57.7 Å². The Hall–Kier alpha value is -0.860. The third-order valence-corrected chi connectivity index (χ3v) is 4.71. The lowest BCUT2D eigenvalue weighted by molar-refractivity contribution is -0.0447. The average molecular weight is 274 g/mol. The van der Waals surface area contributed by atoms with Crippen molar-refractivity contribution in [1.29, 1.82) is 0 Å². The molecule has 0 N–H and O–H groups in total. The van der Waals surface area contributed by atoms with Gasteiger partial charge < -0.3 is 9.47 Å². The van der Waals surface area contributed by atoms with Gasteiger partial charge in [-0.05, 0) is 24.3 Å². The molecule has 1 aliphatic heterocycles. The fraction of sp³-hybridized carbons (Fsp3) is 0.667. The molecular weight excluding hydrogens is 248 g/mol. The standard InChI is InChI=1S/C18H26O2/c1-2-7-15(8-3-1)9-6-11-16-10-4-5-12-17(16)18-19-13-14-20-18/h4-5,10,12,15,18H,1-3,6-9,11,13-14H2. The quantitative estimate of drug-likeness (QED) is 0.779. The molecule has 1 aromatic rings. The number of ether oxygens (including phenoxy) is 2. The summed E-state index contributed by atoms with van der Waals surface area (Å²) < 4.78 is 11.3. The Kier molecular flexibility index (Phi) is 5.10. The zero-order chi connectivity index (χ0) is 13.6. The summed E-state index contributed by atoms with van der Waals surface area (Å²) in [6.07, 6.45) is 11.0. The molecule has 2 nitrogen and oxygen atoms in total. The third kappa shape index (κ3) is 3.62. The molecule has 0 bridgehead atoms. The molecule has 0 amide bonds. The number of benzene rings is 1. The highest BCUT2D eigenvalue weighted by Gasteiger charge is 2.21. The van der Waals surface area contributed by atoms with Crippen molar-refractivity contribution >= 4 is 0 Å². The maximum Gasteiger partial charge on any atom is 0.184 e. The highest BCUT2D eigenvalue weighted by atomic mass is 16.7. The average Bonchev–Trinajstić information content (AvgIpc) is 3.03. The summed E-state index contributed by atoms with van der Waals surface area (Å²) in [6, 6.07) is 8.62. The van der Waals surface area contributed by atoms with E-state index in [4.69, 9.17) is 9.47 Å². The van der Waals surface area contributed by atoms with Crippen molar-refractivity contribution in [3.63, 3.8) is 0 Å². The van der Waals surface area contributed by atoms with Crippen molar-refractivity contribution < 1.29 is 9.47 Å². The maximum atomic E-state index is 5.65. The van der Waals surface area contributed by atoms with Gasteiger partial charge in [0.25, 0.3) is 0 Å². The Bertz CT molecular complexity index is 404. The minimum absolute atomic E-state index is 0.124. The van der Waals surface area contributed by atoms with Gasteiger partial charge in [-0.3, -0.25) is 0 Å². The van der Waals surface area contributed by atoms with Crippen LogP contribution in [-0.2, 0) is 15.9 Å². The van der Waals surface area contributed by atoms with Crippen LogP contribution in [0.15, 0.2) is 24.3 Å². The van der Waals surface area contributed by atoms with Gasteiger partial charge in [0.2, 0.25) is 0 Å². The predicted octanol–water partition coefficient (Wildman–Crippen LogP) is 4.64. The topological polar surface area (TPSA) is 18.5 Å². The van der Waals surface area contributed by atoms with Crippen LogP contribution < -0.4 is 0 Å². The van der Waals surface area contributed by atoms with Crippen molar-refractivity contribution in [1.82, 2.24) is 0 Å². The van der Waals surface area contributed by atoms with Gasteiger partial charge in [-0.15, -0.1) is 0 Å². The van der Waals surface area contributed by atoms with Crippen LogP contribution in [0.1, 0.15) is 62.4 Å². The summed E-state index contributed by atoms with van der Waals surface area (Å²) >= 11 is 0. The van der Waals surface area contributed by atoms with E-state index < -0.39 is 0 Å². The van der Waals surface area contributed by atoms with Crippen molar-refractivity contribution in [3.05, 3.63) is 35.4 Å². The highest BCUT2D eigenvalue weighted by Crippen LogP contribution is 2.30. The minimum Gasteiger partial charge on any atom is -0.346 e. The lowest BCUT2D eigenvalue weighted by Gasteiger charge is -2.21. The third-order valence-electron chi connectivity index (χ3n) is 4.71. The van der Waals surface area contributed by atoms with Gasteiger partial charge in [0.1, 0.15) is 0 Å². The smallest absolute Gasteiger partial charge is 0.184 e. The van der Waals surface area contributed by atoms with E-state index in [1.165, 1.54) is 56.1 Å². The van der Waals surface area contributed by atoms with Gasteiger partial charge in [0.05, 0.1) is 13.2 Å². The zero-order valence-corrected chi connectivity index (χ0v) is 12.4. The van der Waals surface area contributed by atoms with Gasteiger partial charge in [-0.2, -0.15) is 0 Å². The summed E-state index contributed by atoms with van der Waals surface area (Å²) in [7, 11) is 0. The maximum absolute atomic E-state index is 5.65. The molecule has 0 unspecified atom stereocenters. The molecule has 1 aliphatic carbocycles. The molecule has 20 heavy (non-hydrogen) atoms. The zero-order valence-electron chi connectivity index (χ0n) is 12.4. The van der Waals surface area contributed by atoms with Gasteiger partial charge in [-0.1, -0.05) is 62.8 Å². The Morgan fingerprint density at radius 1 is 0.950 bits per heavy atom. The molecule has 2 heteroatoms. The van der Waals surface area contributed by atoms with Crippen molar-refractivity contribution in [2.75, 3.05) is 13.2 Å². The van der Waals surface area contributed by atoms with E-state index in [1.807, 2.05) is 0 Å². The van der Waals surface area contributed by atoms with Crippen LogP contribution in [0.2, 0.25) is 0 Å². The molecule has 0 spiro atoms. The number of hydrogen-bond acceptors (Lipinski definition) is 2. The van der Waals surface area contributed by atoms with E-state index in [0.717, 1.165) is 25.6 Å². The SMILES string of the molecule is c1ccc(C2OCCO2)c(CCCC2CCCCC2)c1. The second-order valence-electron chi connectivity index (χ2n) is 6.17. The van der Waals surface area contributed by atoms with Gasteiger partial charge in [0.15, 0.2) is 6.29 Å². The van der Waals surface area contributed by atoms with E-state index in [-0.39, 0.29) is 6.29 Å². The molecule has 0 aromatic heterocycles. The highest BCUT2D eigenvalue weighted by molar-refractivity contribution is 5.28. The number of rotatable bonds is 5. The van der Waals surface area contributed by atoms with E-state index >= 15 is 0 Å². The lowest BCUT2D eigenvalue weighted by Crippen LogP contribution is -2.07. The molecule has 2 fully saturated rings.